The van der Waals surface area contributed by atoms with Crippen LogP contribution in [0.2, 0.25) is 0 Å². The molecule has 3 heteroatoms. The number of ether oxygens (including phenoxy) is 1. The van der Waals surface area contributed by atoms with Crippen LogP contribution in [0.15, 0.2) is 0 Å². The molecule has 0 amide bonds. The van der Waals surface area contributed by atoms with Crippen molar-refractivity contribution < 1.29 is 15.0 Å². The summed E-state index contributed by atoms with van der Waals surface area (Å²) in [6, 6.07) is 1.61. The summed E-state index contributed by atoms with van der Waals surface area (Å²) >= 11 is 0. The number of hydrogen-bond donors (Lipinski definition) is 2. The van der Waals surface area contributed by atoms with Gasteiger partial charge in [-0.25, -0.2) is 0 Å². The average molecular weight is 156 g/mol. The van der Waals surface area contributed by atoms with E-state index in [9.17, 15) is 0 Å². The summed E-state index contributed by atoms with van der Waals surface area (Å²) in [6.07, 6.45) is 2.50. The number of quaternary nitrogens is 2. The monoisotopic (exact) mass is 156 g/mol. The fraction of sp³-hybridized carbons (Fsp3) is 1.00. The van der Waals surface area contributed by atoms with Crippen LogP contribution in [0.5, 0.6) is 0 Å². The Balaban J connectivity index is 1.93. The molecule has 0 aliphatic carbocycles. The summed E-state index contributed by atoms with van der Waals surface area (Å²) < 4.78 is 5.90. The maximum absolute atomic E-state index is 5.90. The zero-order chi connectivity index (χ0) is 7.42. The molecule has 1 unspecified atom stereocenters. The average Bonchev–Trinajstić information content (AvgIpc) is 2.55. The van der Waals surface area contributed by atoms with Crippen molar-refractivity contribution in [1.29, 1.82) is 0 Å². The third kappa shape index (κ3) is 0.643. The van der Waals surface area contributed by atoms with Crippen LogP contribution in [0.25, 0.3) is 0 Å². The molecule has 3 N–H and O–H groups in total. The molecule has 3 fully saturated rings. The molecule has 0 aromatic rings. The maximum Gasteiger partial charge on any atom is 0.173 e. The van der Waals surface area contributed by atoms with Gasteiger partial charge in [0.25, 0.3) is 0 Å². The molecule has 2 bridgehead atoms. The summed E-state index contributed by atoms with van der Waals surface area (Å²) in [4.78, 5) is 1.81. The van der Waals surface area contributed by atoms with E-state index in [-0.39, 0.29) is 0 Å². The van der Waals surface area contributed by atoms with Crippen LogP contribution in [0.1, 0.15) is 6.42 Å². The number of likely N-dealkylation sites (N-methyl/N-ethyl adjacent to an activating group) is 1. The number of fused-ring (bicyclic) bond motifs is 1. The number of rotatable bonds is 1. The molecule has 62 valence electrons. The molecule has 0 saturated carbocycles. The molecule has 5 atom stereocenters. The lowest BCUT2D eigenvalue weighted by atomic mass is 10.1. The van der Waals surface area contributed by atoms with Gasteiger partial charge in [0.05, 0.1) is 13.6 Å². The van der Waals surface area contributed by atoms with E-state index < -0.39 is 0 Å². The largest absolute Gasteiger partial charge is 0.356 e. The molecule has 0 aromatic carbocycles. The Morgan fingerprint density at radius 3 is 3.00 bits per heavy atom. The highest BCUT2D eigenvalue weighted by molar-refractivity contribution is 4.97. The number of nitrogens with two attached hydrogens (primary N) is 1. The molecular weight excluding hydrogens is 140 g/mol. The van der Waals surface area contributed by atoms with Crippen molar-refractivity contribution in [1.82, 2.24) is 0 Å². The first-order chi connectivity index (χ1) is 5.40. The summed E-state index contributed by atoms with van der Waals surface area (Å²) in [6.45, 7) is 2.63. The minimum absolute atomic E-state index is 0.576. The minimum Gasteiger partial charge on any atom is -0.356 e. The van der Waals surface area contributed by atoms with Gasteiger partial charge in [-0.2, -0.15) is 0 Å². The normalized spacial score (nSPS) is 59.2. The van der Waals surface area contributed by atoms with Gasteiger partial charge in [-0.3, -0.25) is 0 Å². The van der Waals surface area contributed by atoms with Gasteiger partial charge in [0, 0.05) is 6.42 Å². The van der Waals surface area contributed by atoms with Gasteiger partial charge in [0.15, 0.2) is 18.2 Å². The molecule has 0 aromatic heterocycles. The summed E-state index contributed by atoms with van der Waals surface area (Å²) in [7, 11) is 2.19. The second kappa shape index (κ2) is 1.97. The Kier molecular flexibility index (Phi) is 1.15. The van der Waals surface area contributed by atoms with E-state index in [1.807, 2.05) is 4.90 Å². The van der Waals surface area contributed by atoms with Crippen molar-refractivity contribution in [2.75, 3.05) is 20.1 Å². The van der Waals surface area contributed by atoms with Crippen LogP contribution >= 0.6 is 0 Å². The summed E-state index contributed by atoms with van der Waals surface area (Å²) in [5.74, 6) is 0. The fourth-order valence-electron chi connectivity index (χ4n) is 3.26. The molecule has 3 nitrogen and oxygen atoms in total. The van der Waals surface area contributed by atoms with Gasteiger partial charge in [-0.05, 0) is 0 Å². The molecule has 3 heterocycles. The van der Waals surface area contributed by atoms with Crippen LogP contribution in [-0.2, 0) is 4.74 Å². The van der Waals surface area contributed by atoms with Crippen molar-refractivity contribution in [3.63, 3.8) is 0 Å². The molecule has 3 saturated heterocycles. The molecule has 3 rings (SSSR count). The lowest BCUT2D eigenvalue weighted by molar-refractivity contribution is -0.915. The summed E-state index contributed by atoms with van der Waals surface area (Å²) in [5, 5.41) is 2.35. The first kappa shape index (κ1) is 6.40. The van der Waals surface area contributed by atoms with Gasteiger partial charge in [-0.15, -0.1) is 0 Å². The highest BCUT2D eigenvalue weighted by Crippen LogP contribution is 2.26. The van der Waals surface area contributed by atoms with Crippen molar-refractivity contribution in [3.8, 4) is 0 Å². The number of morpholine rings is 1. The van der Waals surface area contributed by atoms with Crippen LogP contribution < -0.4 is 10.2 Å². The molecule has 0 spiro atoms. The zero-order valence-electron chi connectivity index (χ0n) is 6.92. The first-order valence-electron chi connectivity index (χ1n) is 4.69. The Bertz CT molecular complexity index is 171. The van der Waals surface area contributed by atoms with Gasteiger partial charge in [-0.1, -0.05) is 0 Å². The van der Waals surface area contributed by atoms with Crippen molar-refractivity contribution in [3.05, 3.63) is 0 Å². The summed E-state index contributed by atoms with van der Waals surface area (Å²) in [5.41, 5.74) is 0. The Labute approximate surface area is 66.7 Å². The molecule has 0 radical (unpaired) electrons. The first-order valence-corrected chi connectivity index (χ1v) is 4.69. The van der Waals surface area contributed by atoms with E-state index >= 15 is 0 Å². The maximum atomic E-state index is 5.90. The Morgan fingerprint density at radius 1 is 1.45 bits per heavy atom. The van der Waals surface area contributed by atoms with Crippen LogP contribution in [0.3, 0.4) is 0 Å². The third-order valence-corrected chi connectivity index (χ3v) is 3.66. The predicted octanol–water partition coefficient (Wildman–Crippen LogP) is -3.01. The van der Waals surface area contributed by atoms with E-state index in [1.165, 1.54) is 19.5 Å². The van der Waals surface area contributed by atoms with E-state index in [1.54, 1.807) is 0 Å². The SMILES string of the molecule is C[NH2+][C@@H]1[C@H]2[C@@H]3CC[NH+]2C[C@H]1O3. The van der Waals surface area contributed by atoms with Crippen molar-refractivity contribution in [2.24, 2.45) is 0 Å². The van der Waals surface area contributed by atoms with Crippen LogP contribution in [0.4, 0.5) is 0 Å². The van der Waals surface area contributed by atoms with Crippen molar-refractivity contribution >= 4 is 0 Å². The molecule has 11 heavy (non-hydrogen) atoms. The lowest BCUT2D eigenvalue weighted by Gasteiger charge is -2.17. The quantitative estimate of drug-likeness (QED) is 0.416. The highest BCUT2D eigenvalue weighted by atomic mass is 16.5. The van der Waals surface area contributed by atoms with Crippen molar-refractivity contribution in [2.45, 2.75) is 30.7 Å². The predicted molar refractivity (Wildman–Crippen MR) is 39.4 cm³/mol. The smallest absolute Gasteiger partial charge is 0.173 e. The lowest BCUT2D eigenvalue weighted by Crippen LogP contribution is -3.15. The topological polar surface area (TPSA) is 30.3 Å². The van der Waals surface area contributed by atoms with E-state index in [2.05, 4.69) is 12.4 Å². The Morgan fingerprint density at radius 2 is 2.36 bits per heavy atom. The second-order valence-corrected chi connectivity index (χ2v) is 4.05. The zero-order valence-corrected chi connectivity index (χ0v) is 6.92. The van der Waals surface area contributed by atoms with Gasteiger partial charge < -0.3 is 15.0 Å². The van der Waals surface area contributed by atoms with Gasteiger partial charge in [0.2, 0.25) is 0 Å². The van der Waals surface area contributed by atoms with Crippen LogP contribution in [-0.4, -0.2) is 44.4 Å². The standard InChI is InChI=1S/C8H14N2O/c1-9-7-6-4-10-3-2-5(11-6)8(7)10/h5-9H,2-4H2,1H3/p+2/t5-,6+,7-,8+/m0/s1. The second-order valence-electron chi connectivity index (χ2n) is 4.05. The van der Waals surface area contributed by atoms with E-state index in [4.69, 9.17) is 4.74 Å². The van der Waals surface area contributed by atoms with Crippen LogP contribution in [0, 0.1) is 0 Å². The number of hydrogen-bond acceptors (Lipinski definition) is 1. The minimum atomic E-state index is 0.576. The fourth-order valence-corrected chi connectivity index (χ4v) is 3.26. The molecule has 3 aliphatic heterocycles. The Hall–Kier alpha value is -0.120. The van der Waals surface area contributed by atoms with E-state index in [0.717, 1.165) is 12.1 Å². The number of nitrogens with one attached hydrogen (secondary N) is 1. The van der Waals surface area contributed by atoms with Gasteiger partial charge >= 0.3 is 0 Å². The third-order valence-electron chi connectivity index (χ3n) is 3.66. The van der Waals surface area contributed by atoms with Gasteiger partial charge in [0.1, 0.15) is 12.6 Å². The molecular formula is C8H16N2O+2. The highest BCUT2D eigenvalue weighted by Gasteiger charge is 2.62. The van der Waals surface area contributed by atoms with E-state index in [0.29, 0.717) is 12.2 Å². The molecule has 3 aliphatic rings.